The van der Waals surface area contributed by atoms with Crippen LogP contribution < -0.4 is 31.1 Å². The third-order valence-corrected chi connectivity index (χ3v) is 14.2. The van der Waals surface area contributed by atoms with E-state index in [2.05, 4.69) is 60.1 Å². The summed E-state index contributed by atoms with van der Waals surface area (Å²) in [5.41, 5.74) is 7.74. The zero-order chi connectivity index (χ0) is 49.6. The molecule has 0 radical (unpaired) electrons. The SMILES string of the molecule is Cc1ncsc1-c1ccc(N(C)NC(=O)[C@@H]2C[C@@H](O)CN2C(=O)[C@@H](NC(=O)COCCCCCNc2ccc(C(=O)NC3C(C)(C)C(Oc4ccc(C#N)c(Cl)c4)C3(C)C)cc2)C(C)(C)C)cc1. The van der Waals surface area contributed by atoms with E-state index >= 15 is 0 Å². The van der Waals surface area contributed by atoms with Crippen LogP contribution >= 0.6 is 22.9 Å². The standard InChI is InChI=1S/C51H65ClN8O7S/c1-31-42(68-30-55-31)32-15-20-36(21-16-32)59(9)58-45(64)40-25-37(61)28-60(40)46(65)43(49(2,3)4)56-41(62)29-66-24-12-10-11-23-54-35-18-13-33(14-19-35)44(63)57-47-50(5,6)48(51(47,7)8)67-38-22-17-34(27-53)39(52)26-38/h13-22,26,30,37,40,43,47-48,54,61H,10-12,23-25,28-29H2,1-9H3,(H,56,62)(H,57,63)(H,58,64)/t37-,40+,43-,47?,48?/m1/s1. The number of aromatic nitrogens is 1. The first-order valence-electron chi connectivity index (χ1n) is 23.0. The number of halogens is 1. The molecule has 4 amide bonds. The maximum atomic E-state index is 14.0. The lowest BCUT2D eigenvalue weighted by atomic mass is 9.49. The van der Waals surface area contributed by atoms with Crippen molar-refractivity contribution in [1.29, 1.82) is 5.26 Å². The minimum atomic E-state index is -0.966. The number of aryl methyl sites for hydroxylation is 1. The summed E-state index contributed by atoms with van der Waals surface area (Å²) < 4.78 is 12.0. The van der Waals surface area contributed by atoms with E-state index in [-0.39, 0.29) is 48.5 Å². The number of hydrogen-bond donors (Lipinski definition) is 5. The Hall–Kier alpha value is -5.73. The molecule has 1 saturated heterocycles. The van der Waals surface area contributed by atoms with E-state index in [4.69, 9.17) is 21.1 Å². The van der Waals surface area contributed by atoms with E-state index in [0.29, 0.717) is 35.1 Å². The number of nitrogens with zero attached hydrogens (tertiary/aromatic N) is 4. The fraction of sp³-hybridized carbons (Fsp3) is 0.490. The number of nitriles is 1. The quantitative estimate of drug-likeness (QED) is 0.0461. The highest BCUT2D eigenvalue weighted by Crippen LogP contribution is 2.55. The Balaban J connectivity index is 0.887. The monoisotopic (exact) mass is 968 g/mol. The van der Waals surface area contributed by atoms with Gasteiger partial charge in [-0.25, -0.2) is 4.98 Å². The van der Waals surface area contributed by atoms with Gasteiger partial charge in [-0.3, -0.25) is 29.6 Å². The van der Waals surface area contributed by atoms with Gasteiger partial charge in [0.25, 0.3) is 11.8 Å². The lowest BCUT2D eigenvalue weighted by Crippen LogP contribution is -2.74. The number of hydrogen-bond acceptors (Lipinski definition) is 12. The fourth-order valence-electron chi connectivity index (χ4n) is 9.50. The number of aliphatic hydroxyl groups is 1. The van der Waals surface area contributed by atoms with Crippen LogP contribution in [0.25, 0.3) is 10.4 Å². The van der Waals surface area contributed by atoms with Gasteiger partial charge in [-0.15, -0.1) is 11.3 Å². The van der Waals surface area contributed by atoms with Crippen molar-refractivity contribution in [3.63, 3.8) is 0 Å². The van der Waals surface area contributed by atoms with Gasteiger partial charge >= 0.3 is 0 Å². The Kier molecular flexibility index (Phi) is 16.5. The van der Waals surface area contributed by atoms with Crippen LogP contribution in [0.5, 0.6) is 5.75 Å². The van der Waals surface area contributed by atoms with Crippen molar-refractivity contribution in [2.75, 3.05) is 43.7 Å². The van der Waals surface area contributed by atoms with Gasteiger partial charge in [-0.05, 0) is 85.7 Å². The molecule has 4 aromatic rings. The normalized spacial score (nSPS) is 19.8. The van der Waals surface area contributed by atoms with Gasteiger partial charge in [0, 0.05) is 67.4 Å². The maximum Gasteiger partial charge on any atom is 0.261 e. The molecule has 1 aliphatic carbocycles. The predicted molar refractivity (Wildman–Crippen MR) is 265 cm³/mol. The van der Waals surface area contributed by atoms with Crippen molar-refractivity contribution < 1.29 is 33.8 Å². The maximum absolute atomic E-state index is 14.0. The number of aliphatic hydroxyl groups excluding tert-OH is 1. The molecule has 0 unspecified atom stereocenters. The van der Waals surface area contributed by atoms with Crippen molar-refractivity contribution in [2.24, 2.45) is 16.2 Å². The highest BCUT2D eigenvalue weighted by atomic mass is 35.5. The molecule has 3 atom stereocenters. The van der Waals surface area contributed by atoms with Gasteiger partial charge in [0.2, 0.25) is 11.8 Å². The van der Waals surface area contributed by atoms with Crippen LogP contribution in [0.4, 0.5) is 11.4 Å². The van der Waals surface area contributed by atoms with Gasteiger partial charge in [-0.2, -0.15) is 5.26 Å². The summed E-state index contributed by atoms with van der Waals surface area (Å²) in [7, 11) is 1.71. The number of hydrazine groups is 1. The number of carbonyl (C=O) groups excluding carboxylic acids is 4. The number of thiazole rings is 1. The molecule has 0 bridgehead atoms. The van der Waals surface area contributed by atoms with Crippen molar-refractivity contribution in [2.45, 2.75) is 111 Å². The average molecular weight is 970 g/mol. The third kappa shape index (κ3) is 12.1. The molecule has 0 spiro atoms. The summed E-state index contributed by atoms with van der Waals surface area (Å²) in [5.74, 6) is -0.923. The smallest absolute Gasteiger partial charge is 0.261 e. The molecule has 2 fully saturated rings. The number of β-amino-alcohol motifs (C(OH)–C–C–N with tert-alkyl or cyclic N) is 1. The molecule has 364 valence electrons. The highest BCUT2D eigenvalue weighted by molar-refractivity contribution is 7.13. The molecule has 1 aromatic heterocycles. The third-order valence-electron chi connectivity index (χ3n) is 12.9. The van der Waals surface area contributed by atoms with E-state index in [1.165, 1.54) is 4.90 Å². The summed E-state index contributed by atoms with van der Waals surface area (Å²) in [6, 6.07) is 20.1. The van der Waals surface area contributed by atoms with Crippen molar-refractivity contribution >= 4 is 57.9 Å². The van der Waals surface area contributed by atoms with Gasteiger partial charge < -0.3 is 35.4 Å². The second-order valence-electron chi connectivity index (χ2n) is 20.0. The number of likely N-dealkylation sites (tertiary alicyclic amines) is 1. The molecule has 68 heavy (non-hydrogen) atoms. The van der Waals surface area contributed by atoms with Gasteiger partial charge in [0.15, 0.2) is 0 Å². The van der Waals surface area contributed by atoms with E-state index in [1.54, 1.807) is 59.2 Å². The summed E-state index contributed by atoms with van der Waals surface area (Å²) in [6.45, 7) is 16.6. The molecule has 1 aliphatic heterocycles. The molecular weight excluding hydrogens is 904 g/mol. The molecule has 15 nitrogen and oxygen atoms in total. The van der Waals surface area contributed by atoms with Crippen LogP contribution in [-0.2, 0) is 19.1 Å². The van der Waals surface area contributed by atoms with Crippen molar-refractivity contribution in [3.8, 4) is 22.3 Å². The van der Waals surface area contributed by atoms with Crippen LogP contribution in [0.15, 0.2) is 72.2 Å². The number of ether oxygens (including phenoxy) is 2. The molecule has 6 rings (SSSR count). The fourth-order valence-corrected chi connectivity index (χ4v) is 10.5. The van der Waals surface area contributed by atoms with E-state index in [9.17, 15) is 29.5 Å². The lowest BCUT2D eigenvalue weighted by molar-refractivity contribution is -0.164. The van der Waals surface area contributed by atoms with E-state index in [0.717, 1.165) is 46.8 Å². The number of benzene rings is 3. The Bertz CT molecular complexity index is 2450. The Morgan fingerprint density at radius 2 is 1.71 bits per heavy atom. The minimum absolute atomic E-state index is 0.0320. The first-order valence-corrected chi connectivity index (χ1v) is 24.3. The van der Waals surface area contributed by atoms with Crippen molar-refractivity contribution in [1.82, 2.24) is 25.9 Å². The number of unbranched alkanes of at least 4 members (excludes halogenated alkanes) is 2. The second-order valence-corrected chi connectivity index (χ2v) is 21.3. The summed E-state index contributed by atoms with van der Waals surface area (Å²) in [6.07, 6.45) is 1.40. The van der Waals surface area contributed by atoms with Crippen LogP contribution in [-0.4, -0.2) is 102 Å². The van der Waals surface area contributed by atoms with Gasteiger partial charge in [0.1, 0.15) is 36.6 Å². The average Bonchev–Trinajstić information content (AvgIpc) is 3.91. The first kappa shape index (κ1) is 51.7. The largest absolute Gasteiger partial charge is 0.489 e. The van der Waals surface area contributed by atoms with Crippen LogP contribution in [0.2, 0.25) is 5.02 Å². The highest BCUT2D eigenvalue weighted by Gasteiger charge is 2.64. The Morgan fingerprint density at radius 3 is 2.32 bits per heavy atom. The molecule has 2 heterocycles. The zero-order valence-corrected chi connectivity index (χ0v) is 42.0. The number of carbonyl (C=O) groups is 4. The molecule has 2 aliphatic rings. The molecular formula is C51H65ClN8O7S. The molecule has 3 aromatic carbocycles. The van der Waals surface area contributed by atoms with E-state index in [1.807, 2.05) is 64.1 Å². The predicted octanol–water partition coefficient (Wildman–Crippen LogP) is 7.51. The summed E-state index contributed by atoms with van der Waals surface area (Å²) in [5, 5.41) is 31.2. The Labute approximate surface area is 408 Å². The van der Waals surface area contributed by atoms with E-state index < -0.39 is 41.3 Å². The number of anilines is 2. The first-order chi connectivity index (χ1) is 32.1. The molecule has 5 N–H and O–H groups in total. The summed E-state index contributed by atoms with van der Waals surface area (Å²) >= 11 is 7.80. The van der Waals surface area contributed by atoms with Gasteiger partial charge in [0.05, 0.1) is 38.5 Å². The number of nitrogens with one attached hydrogen (secondary N) is 4. The van der Waals surface area contributed by atoms with Crippen LogP contribution in [0.1, 0.15) is 95.8 Å². The second kappa shape index (κ2) is 21.7. The Morgan fingerprint density at radius 1 is 1.01 bits per heavy atom. The lowest BCUT2D eigenvalue weighted by Gasteiger charge is -2.63. The topological polar surface area (TPSA) is 198 Å². The van der Waals surface area contributed by atoms with Crippen LogP contribution in [0.3, 0.4) is 0 Å². The van der Waals surface area contributed by atoms with Gasteiger partial charge in [-0.1, -0.05) is 72.2 Å². The number of amides is 4. The van der Waals surface area contributed by atoms with Crippen LogP contribution in [0, 0.1) is 34.5 Å². The number of rotatable bonds is 19. The minimum Gasteiger partial charge on any atom is -0.489 e. The van der Waals surface area contributed by atoms with Crippen molar-refractivity contribution in [3.05, 3.63) is 94.1 Å². The molecule has 1 saturated carbocycles. The summed E-state index contributed by atoms with van der Waals surface area (Å²) in [4.78, 5) is 60.9. The molecule has 17 heteroatoms. The zero-order valence-electron chi connectivity index (χ0n) is 40.4.